The van der Waals surface area contributed by atoms with E-state index in [9.17, 15) is 13.2 Å². The molecule has 1 fully saturated rings. The first-order valence-corrected chi connectivity index (χ1v) is 7.60. The highest BCUT2D eigenvalue weighted by Gasteiger charge is 2.34. The fraction of sp³-hybridized carbons (Fsp3) is 0.385. The van der Waals surface area contributed by atoms with E-state index in [0.717, 1.165) is 0 Å². The van der Waals surface area contributed by atoms with Crippen LogP contribution in [-0.2, 0) is 14.8 Å². The van der Waals surface area contributed by atoms with Crippen LogP contribution in [0.3, 0.4) is 0 Å². The zero-order valence-electron chi connectivity index (χ0n) is 10.7. The van der Waals surface area contributed by atoms with Crippen molar-refractivity contribution in [1.82, 2.24) is 4.31 Å². The maximum Gasteiger partial charge on any atom is 0.303 e. The average Bonchev–Trinajstić information content (AvgIpc) is 2.87. The molecule has 0 aliphatic carbocycles. The third kappa shape index (κ3) is 2.81. The van der Waals surface area contributed by atoms with Crippen molar-refractivity contribution in [2.45, 2.75) is 17.7 Å². The fourth-order valence-corrected chi connectivity index (χ4v) is 4.03. The summed E-state index contributed by atoms with van der Waals surface area (Å²) >= 11 is 0. The number of nitriles is 1. The van der Waals surface area contributed by atoms with Gasteiger partial charge in [0.15, 0.2) is 0 Å². The molecule has 0 radical (unpaired) electrons. The summed E-state index contributed by atoms with van der Waals surface area (Å²) in [4.78, 5) is 10.7. The van der Waals surface area contributed by atoms with Gasteiger partial charge in [-0.05, 0) is 24.5 Å². The summed E-state index contributed by atoms with van der Waals surface area (Å²) in [6.45, 7) is 0.481. The average molecular weight is 294 g/mol. The number of hydrogen-bond donors (Lipinski definition) is 1. The Bertz CT molecular complexity index is 663. The SMILES string of the molecule is N#Cc1ccccc1S(=O)(=O)N1CCC(CC(=O)O)C1. The van der Waals surface area contributed by atoms with Crippen molar-refractivity contribution in [1.29, 1.82) is 5.26 Å². The van der Waals surface area contributed by atoms with E-state index in [-0.39, 0.29) is 29.3 Å². The number of rotatable bonds is 4. The molecule has 0 saturated carbocycles. The lowest BCUT2D eigenvalue weighted by molar-refractivity contribution is -0.137. The molecule has 6 nitrogen and oxygen atoms in total. The van der Waals surface area contributed by atoms with Crippen molar-refractivity contribution in [3.63, 3.8) is 0 Å². The highest BCUT2D eigenvalue weighted by molar-refractivity contribution is 7.89. The molecule has 0 aromatic heterocycles. The molecule has 0 spiro atoms. The van der Waals surface area contributed by atoms with E-state index in [1.54, 1.807) is 12.1 Å². The second-order valence-electron chi connectivity index (χ2n) is 4.72. The minimum Gasteiger partial charge on any atom is -0.481 e. The van der Waals surface area contributed by atoms with E-state index in [4.69, 9.17) is 10.4 Å². The normalized spacial score (nSPS) is 19.6. The van der Waals surface area contributed by atoms with Crippen LogP contribution in [0.5, 0.6) is 0 Å². The molecule has 0 bridgehead atoms. The van der Waals surface area contributed by atoms with Crippen LogP contribution in [0.25, 0.3) is 0 Å². The van der Waals surface area contributed by atoms with Gasteiger partial charge in [0.25, 0.3) is 0 Å². The van der Waals surface area contributed by atoms with Gasteiger partial charge in [-0.1, -0.05) is 12.1 Å². The minimum atomic E-state index is -3.73. The number of nitrogens with zero attached hydrogens (tertiary/aromatic N) is 2. The molecule has 1 unspecified atom stereocenters. The van der Waals surface area contributed by atoms with E-state index >= 15 is 0 Å². The first kappa shape index (κ1) is 14.5. The predicted octanol–water partition coefficient (Wildman–Crippen LogP) is 1.04. The second-order valence-corrected chi connectivity index (χ2v) is 6.63. The second kappa shape index (κ2) is 5.61. The summed E-state index contributed by atoms with van der Waals surface area (Å²) in [5.74, 6) is -1.09. The highest BCUT2D eigenvalue weighted by Crippen LogP contribution is 2.27. The fourth-order valence-electron chi connectivity index (χ4n) is 2.35. The Kier molecular flexibility index (Phi) is 4.06. The number of benzene rings is 1. The van der Waals surface area contributed by atoms with Crippen LogP contribution in [0.4, 0.5) is 0 Å². The van der Waals surface area contributed by atoms with Crippen molar-refractivity contribution >= 4 is 16.0 Å². The summed E-state index contributed by atoms with van der Waals surface area (Å²) in [6.07, 6.45) is 0.492. The number of carboxylic acids is 1. The zero-order valence-corrected chi connectivity index (χ0v) is 11.5. The first-order valence-electron chi connectivity index (χ1n) is 6.16. The first-order chi connectivity index (χ1) is 9.45. The summed E-state index contributed by atoms with van der Waals surface area (Å²) in [5, 5.41) is 17.7. The maximum absolute atomic E-state index is 12.5. The van der Waals surface area contributed by atoms with Gasteiger partial charge in [0, 0.05) is 19.5 Å². The third-order valence-corrected chi connectivity index (χ3v) is 5.26. The molecule has 1 saturated heterocycles. The molecule has 2 rings (SSSR count). The molecule has 106 valence electrons. The molecule has 1 aromatic rings. The van der Waals surface area contributed by atoms with Crippen LogP contribution in [0.2, 0.25) is 0 Å². The van der Waals surface area contributed by atoms with Crippen LogP contribution >= 0.6 is 0 Å². The number of aliphatic carboxylic acids is 1. The Morgan fingerprint density at radius 1 is 1.45 bits per heavy atom. The molecule has 20 heavy (non-hydrogen) atoms. The van der Waals surface area contributed by atoms with E-state index in [2.05, 4.69) is 0 Å². The van der Waals surface area contributed by atoms with Crippen LogP contribution in [-0.4, -0.2) is 36.9 Å². The minimum absolute atomic E-state index is 0.0153. The zero-order chi connectivity index (χ0) is 14.8. The Balaban J connectivity index is 2.24. The molecule has 1 N–H and O–H groups in total. The number of hydrogen-bond acceptors (Lipinski definition) is 4. The van der Waals surface area contributed by atoms with Gasteiger partial charge in [-0.25, -0.2) is 8.42 Å². The van der Waals surface area contributed by atoms with E-state index in [1.165, 1.54) is 16.4 Å². The van der Waals surface area contributed by atoms with E-state index < -0.39 is 16.0 Å². The lowest BCUT2D eigenvalue weighted by Gasteiger charge is -2.17. The molecule has 1 aromatic carbocycles. The van der Waals surface area contributed by atoms with Gasteiger partial charge in [-0.2, -0.15) is 9.57 Å². The van der Waals surface area contributed by atoms with Crippen LogP contribution in [0.1, 0.15) is 18.4 Å². The van der Waals surface area contributed by atoms with Crippen molar-refractivity contribution in [2.24, 2.45) is 5.92 Å². The third-order valence-electron chi connectivity index (χ3n) is 3.34. The summed E-state index contributed by atoms with van der Waals surface area (Å²) in [6, 6.07) is 7.90. The lowest BCUT2D eigenvalue weighted by atomic mass is 10.1. The summed E-state index contributed by atoms with van der Waals surface area (Å²) in [7, 11) is -3.73. The smallest absolute Gasteiger partial charge is 0.303 e. The maximum atomic E-state index is 12.5. The van der Waals surface area contributed by atoms with E-state index in [0.29, 0.717) is 13.0 Å². The van der Waals surface area contributed by atoms with Gasteiger partial charge >= 0.3 is 5.97 Å². The summed E-state index contributed by atoms with van der Waals surface area (Å²) < 4.78 is 26.2. The Morgan fingerprint density at radius 2 is 2.15 bits per heavy atom. The van der Waals surface area contributed by atoms with Gasteiger partial charge in [0.2, 0.25) is 10.0 Å². The molecule has 1 aliphatic rings. The molecule has 1 aliphatic heterocycles. The van der Waals surface area contributed by atoms with Crippen LogP contribution in [0.15, 0.2) is 29.2 Å². The highest BCUT2D eigenvalue weighted by atomic mass is 32.2. The monoisotopic (exact) mass is 294 g/mol. The number of carbonyl (C=O) groups is 1. The lowest BCUT2D eigenvalue weighted by Crippen LogP contribution is -2.29. The van der Waals surface area contributed by atoms with Crippen molar-refractivity contribution in [2.75, 3.05) is 13.1 Å². The van der Waals surface area contributed by atoms with E-state index in [1.807, 2.05) is 6.07 Å². The molecule has 0 amide bonds. The van der Waals surface area contributed by atoms with Crippen LogP contribution in [0, 0.1) is 17.2 Å². The molecular weight excluding hydrogens is 280 g/mol. The predicted molar refractivity (Wildman–Crippen MR) is 70.3 cm³/mol. The van der Waals surface area contributed by atoms with Crippen molar-refractivity contribution in [3.05, 3.63) is 29.8 Å². The van der Waals surface area contributed by atoms with Crippen LogP contribution < -0.4 is 0 Å². The Labute approximate surface area is 117 Å². The Hall–Kier alpha value is -1.91. The van der Waals surface area contributed by atoms with Gasteiger partial charge in [0.1, 0.15) is 6.07 Å². The Morgan fingerprint density at radius 3 is 2.80 bits per heavy atom. The molecule has 1 atom stereocenters. The molecular formula is C13H14N2O4S. The summed E-state index contributed by atoms with van der Waals surface area (Å²) in [5.41, 5.74) is 0.106. The van der Waals surface area contributed by atoms with Gasteiger partial charge in [-0.3, -0.25) is 4.79 Å². The topological polar surface area (TPSA) is 98.5 Å². The van der Waals surface area contributed by atoms with Crippen molar-refractivity contribution < 1.29 is 18.3 Å². The molecule has 7 heteroatoms. The largest absolute Gasteiger partial charge is 0.481 e. The number of sulfonamides is 1. The molecule has 1 heterocycles. The number of carboxylic acid groups (broad SMARTS) is 1. The quantitative estimate of drug-likeness (QED) is 0.894. The van der Waals surface area contributed by atoms with Crippen molar-refractivity contribution in [3.8, 4) is 6.07 Å². The van der Waals surface area contributed by atoms with Gasteiger partial charge in [-0.15, -0.1) is 0 Å². The standard InChI is InChI=1S/C13H14N2O4S/c14-8-11-3-1-2-4-12(11)20(18,19)15-6-5-10(9-15)7-13(16)17/h1-4,10H,5-7,9H2,(H,16,17). The van der Waals surface area contributed by atoms with Gasteiger partial charge < -0.3 is 5.11 Å². The van der Waals surface area contributed by atoms with Gasteiger partial charge in [0.05, 0.1) is 10.5 Å².